The molecule has 0 aliphatic heterocycles. The number of carbonyl (C=O) groups excluding carboxylic acids is 3. The summed E-state index contributed by atoms with van der Waals surface area (Å²) in [6.07, 6.45) is 2.02. The molecule has 0 aliphatic carbocycles. The molecule has 0 radical (unpaired) electrons. The maximum Gasteiger partial charge on any atom is 0.341 e. The highest BCUT2D eigenvalue weighted by Gasteiger charge is 2.16. The lowest BCUT2D eigenvalue weighted by molar-refractivity contribution is 0.0525. The fourth-order valence-electron chi connectivity index (χ4n) is 3.18. The quantitative estimate of drug-likeness (QED) is 0.340. The van der Waals surface area contributed by atoms with Crippen molar-refractivity contribution in [1.82, 2.24) is 20.4 Å². The summed E-state index contributed by atoms with van der Waals surface area (Å²) in [5.74, 6) is -0.906. The molecule has 9 nitrogen and oxygen atoms in total. The van der Waals surface area contributed by atoms with Crippen molar-refractivity contribution in [3.05, 3.63) is 77.1 Å². The Kier molecular flexibility index (Phi) is 7.80. The van der Waals surface area contributed by atoms with Crippen molar-refractivity contribution >= 4 is 17.8 Å². The predicted octanol–water partition coefficient (Wildman–Crippen LogP) is 2.61. The Bertz CT molecular complexity index is 1140. The van der Waals surface area contributed by atoms with Crippen LogP contribution in [0.25, 0.3) is 5.69 Å². The molecule has 3 rings (SSSR count). The Hall–Kier alpha value is -4.14. The second kappa shape index (κ2) is 10.9. The molecule has 3 N–H and O–H groups in total. The Labute approximate surface area is 191 Å². The van der Waals surface area contributed by atoms with Gasteiger partial charge in [-0.05, 0) is 62.7 Å². The molecule has 0 saturated heterocycles. The molecule has 3 aromatic rings. The first-order valence-electron chi connectivity index (χ1n) is 10.6. The largest absolute Gasteiger partial charge is 0.508 e. The average Bonchev–Trinajstić information content (AvgIpc) is 3.20. The maximum atomic E-state index is 12.4. The van der Waals surface area contributed by atoms with Crippen molar-refractivity contribution in [2.24, 2.45) is 0 Å². The number of rotatable bonds is 9. The highest BCUT2D eigenvalue weighted by atomic mass is 16.5. The molecule has 0 spiro atoms. The van der Waals surface area contributed by atoms with E-state index in [-0.39, 0.29) is 24.2 Å². The topological polar surface area (TPSA) is 123 Å². The van der Waals surface area contributed by atoms with Crippen LogP contribution in [0, 0.1) is 6.92 Å². The van der Waals surface area contributed by atoms with E-state index in [4.69, 9.17) is 4.74 Å². The first-order chi connectivity index (χ1) is 15.9. The Morgan fingerprint density at radius 1 is 1.00 bits per heavy atom. The molecular weight excluding hydrogens is 424 g/mol. The second-order valence-electron chi connectivity index (χ2n) is 7.24. The van der Waals surface area contributed by atoms with Gasteiger partial charge in [0.1, 0.15) is 11.3 Å². The molecular formula is C24H26N4O5. The number of carbonyl (C=O) groups is 3. The van der Waals surface area contributed by atoms with Gasteiger partial charge in [0.05, 0.1) is 24.2 Å². The second-order valence-corrected chi connectivity index (χ2v) is 7.24. The van der Waals surface area contributed by atoms with Gasteiger partial charge in [-0.25, -0.2) is 9.48 Å². The van der Waals surface area contributed by atoms with Crippen LogP contribution in [0.2, 0.25) is 0 Å². The zero-order valence-corrected chi connectivity index (χ0v) is 18.5. The van der Waals surface area contributed by atoms with Gasteiger partial charge in [-0.3, -0.25) is 9.59 Å². The molecule has 0 bridgehead atoms. The normalized spacial score (nSPS) is 10.5. The van der Waals surface area contributed by atoms with Gasteiger partial charge in [-0.2, -0.15) is 5.10 Å². The third-order valence-electron chi connectivity index (χ3n) is 4.91. The van der Waals surface area contributed by atoms with Gasteiger partial charge in [0.25, 0.3) is 11.8 Å². The number of aromatic hydroxyl groups is 1. The molecule has 33 heavy (non-hydrogen) atoms. The van der Waals surface area contributed by atoms with Gasteiger partial charge in [0.2, 0.25) is 0 Å². The van der Waals surface area contributed by atoms with Crippen LogP contribution in [0.1, 0.15) is 50.1 Å². The number of phenols is 1. The number of esters is 1. The van der Waals surface area contributed by atoms with E-state index in [1.807, 2.05) is 0 Å². The number of benzene rings is 2. The number of amides is 2. The van der Waals surface area contributed by atoms with E-state index in [1.54, 1.807) is 54.9 Å². The van der Waals surface area contributed by atoms with E-state index in [0.29, 0.717) is 47.6 Å². The minimum atomic E-state index is -0.421. The fraction of sp³-hybridized carbons (Fsp3) is 0.250. The van der Waals surface area contributed by atoms with Gasteiger partial charge in [-0.1, -0.05) is 6.07 Å². The molecule has 172 valence electrons. The summed E-state index contributed by atoms with van der Waals surface area (Å²) >= 11 is 0. The average molecular weight is 450 g/mol. The van der Waals surface area contributed by atoms with Gasteiger partial charge in [-0.15, -0.1) is 0 Å². The van der Waals surface area contributed by atoms with Crippen molar-refractivity contribution in [1.29, 1.82) is 0 Å². The van der Waals surface area contributed by atoms with Crippen LogP contribution in [0.5, 0.6) is 5.75 Å². The van der Waals surface area contributed by atoms with Crippen molar-refractivity contribution < 1.29 is 24.2 Å². The van der Waals surface area contributed by atoms with Crippen LogP contribution in [0.15, 0.2) is 54.7 Å². The van der Waals surface area contributed by atoms with Crippen molar-refractivity contribution in [3.8, 4) is 11.4 Å². The van der Waals surface area contributed by atoms with E-state index in [1.165, 1.54) is 18.3 Å². The predicted molar refractivity (Wildman–Crippen MR) is 122 cm³/mol. The lowest BCUT2D eigenvalue weighted by Gasteiger charge is -2.09. The summed E-state index contributed by atoms with van der Waals surface area (Å²) in [6.45, 7) is 4.59. The molecule has 0 atom stereocenters. The van der Waals surface area contributed by atoms with Crippen LogP contribution < -0.4 is 10.6 Å². The number of phenolic OH excluding ortho intramolecular Hbond substituents is 1. The minimum Gasteiger partial charge on any atom is -0.508 e. The van der Waals surface area contributed by atoms with Crippen LogP contribution in [0.4, 0.5) is 0 Å². The first-order valence-corrected chi connectivity index (χ1v) is 10.6. The summed E-state index contributed by atoms with van der Waals surface area (Å²) in [4.78, 5) is 36.3. The summed E-state index contributed by atoms with van der Waals surface area (Å²) in [6, 6.07) is 13.0. The summed E-state index contributed by atoms with van der Waals surface area (Å²) in [7, 11) is 0. The number of hydrogen-bond acceptors (Lipinski definition) is 6. The monoisotopic (exact) mass is 450 g/mol. The van der Waals surface area contributed by atoms with E-state index >= 15 is 0 Å². The SMILES string of the molecule is CCOC(=O)c1cnn(-c2ccc(C(=O)NCCCNC(=O)c3cccc(O)c3)cc2)c1C. The Morgan fingerprint density at radius 2 is 1.67 bits per heavy atom. The molecule has 2 aromatic carbocycles. The molecule has 0 aliphatic rings. The number of hydrogen-bond donors (Lipinski definition) is 3. The van der Waals surface area contributed by atoms with Gasteiger partial charge in [0, 0.05) is 24.2 Å². The van der Waals surface area contributed by atoms with Gasteiger partial charge >= 0.3 is 5.97 Å². The number of ether oxygens (including phenoxy) is 1. The van der Waals surface area contributed by atoms with Gasteiger partial charge < -0.3 is 20.5 Å². The molecule has 1 heterocycles. The summed E-state index contributed by atoms with van der Waals surface area (Å²) < 4.78 is 6.64. The summed E-state index contributed by atoms with van der Waals surface area (Å²) in [5, 5.41) is 19.2. The summed E-state index contributed by atoms with van der Waals surface area (Å²) in [5.41, 5.74) is 2.63. The van der Waals surface area contributed by atoms with E-state index in [9.17, 15) is 19.5 Å². The molecule has 0 unspecified atom stereocenters. The van der Waals surface area contributed by atoms with Crippen LogP contribution in [0.3, 0.4) is 0 Å². The maximum absolute atomic E-state index is 12.4. The molecule has 1 aromatic heterocycles. The number of aromatic nitrogens is 2. The molecule has 0 fully saturated rings. The zero-order chi connectivity index (χ0) is 23.8. The smallest absolute Gasteiger partial charge is 0.341 e. The molecule has 2 amide bonds. The number of nitrogens with one attached hydrogen (secondary N) is 2. The molecule has 0 saturated carbocycles. The lowest BCUT2D eigenvalue weighted by atomic mass is 10.2. The van der Waals surface area contributed by atoms with Crippen molar-refractivity contribution in [2.75, 3.05) is 19.7 Å². The van der Waals surface area contributed by atoms with Crippen LogP contribution in [-0.4, -0.2) is 52.4 Å². The first kappa shape index (κ1) is 23.5. The fourth-order valence-corrected chi connectivity index (χ4v) is 3.18. The third kappa shape index (κ3) is 5.97. The minimum absolute atomic E-state index is 0.0306. The van der Waals surface area contributed by atoms with Crippen molar-refractivity contribution in [2.45, 2.75) is 20.3 Å². The highest BCUT2D eigenvalue weighted by molar-refractivity contribution is 5.95. The van der Waals surface area contributed by atoms with E-state index in [2.05, 4.69) is 15.7 Å². The third-order valence-corrected chi connectivity index (χ3v) is 4.91. The Balaban J connectivity index is 1.48. The standard InChI is InChI=1S/C24H26N4O5/c1-3-33-24(32)21-15-27-28(16(21)2)19-10-8-17(9-11-19)22(30)25-12-5-13-26-23(31)18-6-4-7-20(29)14-18/h4,6-11,14-15,29H,3,5,12-13H2,1-2H3,(H,25,30)(H,26,31). The lowest BCUT2D eigenvalue weighted by Crippen LogP contribution is -2.29. The van der Waals surface area contributed by atoms with Crippen molar-refractivity contribution in [3.63, 3.8) is 0 Å². The van der Waals surface area contributed by atoms with Crippen LogP contribution in [-0.2, 0) is 4.74 Å². The molecule has 9 heteroatoms. The van der Waals surface area contributed by atoms with Gasteiger partial charge in [0.15, 0.2) is 0 Å². The number of nitrogens with zero attached hydrogens (tertiary/aromatic N) is 2. The Morgan fingerprint density at radius 3 is 2.30 bits per heavy atom. The zero-order valence-electron chi connectivity index (χ0n) is 18.5. The van der Waals surface area contributed by atoms with E-state index < -0.39 is 5.97 Å². The highest BCUT2D eigenvalue weighted by Crippen LogP contribution is 2.16. The van der Waals surface area contributed by atoms with Crippen LogP contribution >= 0.6 is 0 Å². The van der Waals surface area contributed by atoms with E-state index in [0.717, 1.165) is 0 Å².